The second kappa shape index (κ2) is 4.10. The highest BCUT2D eigenvalue weighted by molar-refractivity contribution is 5.38. The molecule has 0 aliphatic rings. The van der Waals surface area contributed by atoms with E-state index in [4.69, 9.17) is 5.73 Å². The number of nitrogens with two attached hydrogens (primary N) is 1. The molecule has 13 heavy (non-hydrogen) atoms. The van der Waals surface area contributed by atoms with Gasteiger partial charge in [0.15, 0.2) is 0 Å². The van der Waals surface area contributed by atoms with E-state index in [0.717, 1.165) is 17.5 Å². The normalized spacial score (nSPS) is 12.5. The predicted molar refractivity (Wildman–Crippen MR) is 54.6 cm³/mol. The minimum absolute atomic E-state index is 0.143. The summed E-state index contributed by atoms with van der Waals surface area (Å²) in [6.07, 6.45) is 2.57. The van der Waals surface area contributed by atoms with E-state index in [1.807, 2.05) is 13.0 Å². The highest BCUT2D eigenvalue weighted by atomic mass is 16.3. The topological polar surface area (TPSA) is 46.2 Å². The van der Waals surface area contributed by atoms with E-state index in [9.17, 15) is 5.11 Å². The first-order valence-electron chi connectivity index (χ1n) is 4.39. The molecule has 0 aromatic heterocycles. The molecular formula is C11H15NO. The minimum Gasteiger partial charge on any atom is -0.508 e. The molecule has 0 aliphatic heterocycles. The number of aromatic hydroxyl groups is 1. The highest BCUT2D eigenvalue weighted by Gasteiger charge is 2.06. The summed E-state index contributed by atoms with van der Waals surface area (Å²) in [4.78, 5) is 0. The van der Waals surface area contributed by atoms with Gasteiger partial charge in [0.05, 0.1) is 0 Å². The summed E-state index contributed by atoms with van der Waals surface area (Å²) in [6.45, 7) is 5.68. The molecule has 1 aromatic carbocycles. The van der Waals surface area contributed by atoms with Gasteiger partial charge in [-0.1, -0.05) is 19.1 Å². The zero-order chi connectivity index (χ0) is 9.84. The lowest BCUT2D eigenvalue weighted by molar-refractivity contribution is 0.474. The molecule has 0 amide bonds. The Morgan fingerprint density at radius 2 is 2.31 bits per heavy atom. The fourth-order valence-electron chi connectivity index (χ4n) is 1.35. The molecule has 3 N–H and O–H groups in total. The quantitative estimate of drug-likeness (QED) is 0.695. The summed E-state index contributed by atoms with van der Waals surface area (Å²) < 4.78 is 0. The third-order valence-corrected chi connectivity index (χ3v) is 2.12. The first-order valence-corrected chi connectivity index (χ1v) is 4.39. The van der Waals surface area contributed by atoms with Crippen LogP contribution in [0.25, 0.3) is 0 Å². The largest absolute Gasteiger partial charge is 0.508 e. The summed E-state index contributed by atoms with van der Waals surface area (Å²) in [5.41, 5.74) is 7.93. The van der Waals surface area contributed by atoms with Crippen molar-refractivity contribution in [2.45, 2.75) is 19.4 Å². The van der Waals surface area contributed by atoms with E-state index in [1.54, 1.807) is 18.2 Å². The van der Waals surface area contributed by atoms with Crippen molar-refractivity contribution in [1.82, 2.24) is 0 Å². The molecule has 2 nitrogen and oxygen atoms in total. The third kappa shape index (κ3) is 2.10. The van der Waals surface area contributed by atoms with Crippen LogP contribution in [0.4, 0.5) is 0 Å². The Morgan fingerprint density at radius 3 is 2.85 bits per heavy atom. The average Bonchev–Trinajstić information content (AvgIpc) is 2.16. The molecule has 0 saturated heterocycles. The fraction of sp³-hybridized carbons (Fsp3) is 0.273. The molecule has 0 aliphatic carbocycles. The lowest BCUT2D eigenvalue weighted by Crippen LogP contribution is -2.09. The molecule has 0 heterocycles. The van der Waals surface area contributed by atoms with E-state index < -0.39 is 0 Å². The van der Waals surface area contributed by atoms with Gasteiger partial charge in [-0.3, -0.25) is 0 Å². The number of phenolic OH excluding ortho intramolecular Hbond substituents is 1. The molecule has 1 atom stereocenters. The maximum Gasteiger partial charge on any atom is 0.115 e. The molecule has 1 rings (SSSR count). The average molecular weight is 177 g/mol. The molecule has 1 unspecified atom stereocenters. The van der Waals surface area contributed by atoms with Gasteiger partial charge in [-0.25, -0.2) is 0 Å². The van der Waals surface area contributed by atoms with Crippen molar-refractivity contribution in [2.24, 2.45) is 5.73 Å². The van der Waals surface area contributed by atoms with Crippen LogP contribution in [0.15, 0.2) is 30.9 Å². The lowest BCUT2D eigenvalue weighted by atomic mass is 9.99. The molecule has 0 bridgehead atoms. The van der Waals surface area contributed by atoms with Crippen LogP contribution in [0.5, 0.6) is 5.75 Å². The van der Waals surface area contributed by atoms with Gasteiger partial charge in [-0.2, -0.15) is 0 Å². The monoisotopic (exact) mass is 177 g/mol. The summed E-state index contributed by atoms with van der Waals surface area (Å²) in [6, 6.07) is 5.10. The van der Waals surface area contributed by atoms with Gasteiger partial charge < -0.3 is 10.8 Å². The zero-order valence-electron chi connectivity index (χ0n) is 7.83. The summed E-state index contributed by atoms with van der Waals surface area (Å²) in [5.74, 6) is 0.289. The van der Waals surface area contributed by atoms with Crippen molar-refractivity contribution in [2.75, 3.05) is 0 Å². The van der Waals surface area contributed by atoms with Crippen molar-refractivity contribution < 1.29 is 5.11 Å². The number of hydrogen-bond acceptors (Lipinski definition) is 2. The Morgan fingerprint density at radius 1 is 1.62 bits per heavy atom. The van der Waals surface area contributed by atoms with Gasteiger partial charge in [0, 0.05) is 6.04 Å². The van der Waals surface area contributed by atoms with Crippen LogP contribution in [0.3, 0.4) is 0 Å². The van der Waals surface area contributed by atoms with Gasteiger partial charge in [-0.05, 0) is 29.7 Å². The lowest BCUT2D eigenvalue weighted by Gasteiger charge is -2.12. The van der Waals surface area contributed by atoms with E-state index in [2.05, 4.69) is 6.58 Å². The maximum atomic E-state index is 9.26. The van der Waals surface area contributed by atoms with Crippen LogP contribution in [-0.4, -0.2) is 5.11 Å². The van der Waals surface area contributed by atoms with E-state index in [-0.39, 0.29) is 11.8 Å². The van der Waals surface area contributed by atoms with E-state index >= 15 is 0 Å². The van der Waals surface area contributed by atoms with Gasteiger partial charge in [0.25, 0.3) is 0 Å². The van der Waals surface area contributed by atoms with Crippen molar-refractivity contribution in [3.8, 4) is 5.75 Å². The van der Waals surface area contributed by atoms with Crippen LogP contribution in [-0.2, 0) is 6.42 Å². The Labute approximate surface area is 78.7 Å². The second-order valence-electron chi connectivity index (χ2n) is 3.00. The first-order chi connectivity index (χ1) is 6.19. The molecule has 0 saturated carbocycles. The molecule has 2 heteroatoms. The number of phenols is 1. The standard InChI is InChI=1S/C11H15NO/c1-3-8-7-9(13)5-6-10(8)11(12)4-2/h4-7,11,13H,2-3,12H2,1H3. The van der Waals surface area contributed by atoms with Gasteiger partial charge in [-0.15, -0.1) is 6.58 Å². The molecule has 0 spiro atoms. The maximum absolute atomic E-state index is 9.26. The molecular weight excluding hydrogens is 162 g/mol. The highest BCUT2D eigenvalue weighted by Crippen LogP contribution is 2.22. The minimum atomic E-state index is -0.143. The van der Waals surface area contributed by atoms with Gasteiger partial charge in [0.1, 0.15) is 5.75 Å². The first kappa shape index (κ1) is 9.81. The van der Waals surface area contributed by atoms with Crippen LogP contribution >= 0.6 is 0 Å². The number of aryl methyl sites for hydroxylation is 1. The number of rotatable bonds is 3. The molecule has 0 radical (unpaired) electrons. The van der Waals surface area contributed by atoms with Crippen molar-refractivity contribution >= 4 is 0 Å². The predicted octanol–water partition coefficient (Wildman–Crippen LogP) is 2.14. The molecule has 1 aromatic rings. The second-order valence-corrected chi connectivity index (χ2v) is 3.00. The summed E-state index contributed by atoms with van der Waals surface area (Å²) in [5, 5.41) is 9.26. The van der Waals surface area contributed by atoms with Crippen LogP contribution in [0.1, 0.15) is 24.1 Å². The van der Waals surface area contributed by atoms with Crippen LogP contribution in [0.2, 0.25) is 0 Å². The molecule has 70 valence electrons. The van der Waals surface area contributed by atoms with E-state index in [1.165, 1.54) is 0 Å². The summed E-state index contributed by atoms with van der Waals surface area (Å²) >= 11 is 0. The van der Waals surface area contributed by atoms with Crippen molar-refractivity contribution in [3.63, 3.8) is 0 Å². The third-order valence-electron chi connectivity index (χ3n) is 2.12. The van der Waals surface area contributed by atoms with Crippen molar-refractivity contribution in [1.29, 1.82) is 0 Å². The van der Waals surface area contributed by atoms with E-state index in [0.29, 0.717) is 0 Å². The van der Waals surface area contributed by atoms with Crippen molar-refractivity contribution in [3.05, 3.63) is 42.0 Å². The summed E-state index contributed by atoms with van der Waals surface area (Å²) in [7, 11) is 0. The zero-order valence-corrected chi connectivity index (χ0v) is 7.83. The van der Waals surface area contributed by atoms with Crippen LogP contribution in [0, 0.1) is 0 Å². The Hall–Kier alpha value is -1.28. The fourth-order valence-corrected chi connectivity index (χ4v) is 1.35. The molecule has 0 fully saturated rings. The van der Waals surface area contributed by atoms with Crippen LogP contribution < -0.4 is 5.73 Å². The number of benzene rings is 1. The van der Waals surface area contributed by atoms with Gasteiger partial charge in [0.2, 0.25) is 0 Å². The Kier molecular flexibility index (Phi) is 3.09. The SMILES string of the molecule is C=CC(N)c1ccc(O)cc1CC. The number of hydrogen-bond donors (Lipinski definition) is 2. The van der Waals surface area contributed by atoms with Gasteiger partial charge >= 0.3 is 0 Å². The Balaban J connectivity index is 3.12. The smallest absolute Gasteiger partial charge is 0.115 e. The Bertz CT molecular complexity index is 307.